The van der Waals surface area contributed by atoms with E-state index in [-0.39, 0.29) is 34.9 Å². The van der Waals surface area contributed by atoms with Gasteiger partial charge in [-0.25, -0.2) is 8.42 Å². The molecule has 1 saturated heterocycles. The minimum atomic E-state index is -3.67. The molecule has 1 aliphatic carbocycles. The third kappa shape index (κ3) is 5.66. The van der Waals surface area contributed by atoms with E-state index in [1.165, 1.54) is 23.6 Å². The number of imidazole rings is 1. The summed E-state index contributed by atoms with van der Waals surface area (Å²) in [5.74, 6) is 5.96. The molecule has 204 valence electrons. The Hall–Kier alpha value is -3.11. The quantitative estimate of drug-likeness (QED) is 0.461. The highest BCUT2D eigenvalue weighted by Crippen LogP contribution is 2.35. The van der Waals surface area contributed by atoms with Crippen LogP contribution in [0.4, 0.5) is 11.5 Å². The average Bonchev–Trinajstić information content (AvgIpc) is 3.64. The maximum absolute atomic E-state index is 13.0. The number of rotatable bonds is 8. The van der Waals surface area contributed by atoms with Crippen LogP contribution in [0.2, 0.25) is 0 Å². The number of nitrogens with one attached hydrogen (secondary N) is 1. The Morgan fingerprint density at radius 1 is 1.21 bits per heavy atom. The fourth-order valence-electron chi connectivity index (χ4n) is 4.71. The number of morpholine rings is 1. The van der Waals surface area contributed by atoms with Gasteiger partial charge in [0, 0.05) is 51.5 Å². The van der Waals surface area contributed by atoms with Crippen molar-refractivity contribution in [1.82, 2.24) is 19.4 Å². The Kier molecular flexibility index (Phi) is 7.63. The monoisotopic (exact) mass is 542 g/mol. The Morgan fingerprint density at radius 3 is 2.71 bits per heavy atom. The first kappa shape index (κ1) is 26.5. The van der Waals surface area contributed by atoms with E-state index in [2.05, 4.69) is 27.0 Å². The molecule has 1 unspecified atom stereocenters. The highest BCUT2D eigenvalue weighted by Gasteiger charge is 2.41. The topological polar surface area (TPSA) is 120 Å². The molecule has 5 rings (SSSR count). The van der Waals surface area contributed by atoms with Gasteiger partial charge in [-0.05, 0) is 37.0 Å². The number of aromatic nitrogens is 2. The Balaban J connectivity index is 1.30. The van der Waals surface area contributed by atoms with Crippen molar-refractivity contribution in [2.24, 2.45) is 13.0 Å². The van der Waals surface area contributed by atoms with Crippen LogP contribution in [-0.2, 0) is 21.6 Å². The number of carbonyl (C=O) groups is 1. The first-order valence-corrected chi connectivity index (χ1v) is 14.5. The second-order valence-electron chi connectivity index (χ2n) is 10.0. The predicted molar refractivity (Wildman–Crippen MR) is 142 cm³/mol. The Labute approximate surface area is 223 Å². The van der Waals surface area contributed by atoms with Gasteiger partial charge in [-0.2, -0.15) is 4.98 Å². The molecule has 11 nitrogen and oxygen atoms in total. The van der Waals surface area contributed by atoms with E-state index < -0.39 is 22.1 Å². The molecule has 1 amide bonds. The van der Waals surface area contributed by atoms with Gasteiger partial charge >= 0.3 is 0 Å². The van der Waals surface area contributed by atoms with Crippen LogP contribution in [0.15, 0.2) is 29.4 Å². The van der Waals surface area contributed by atoms with E-state index >= 15 is 0 Å². The molecular weight excluding hydrogens is 508 g/mol. The summed E-state index contributed by atoms with van der Waals surface area (Å²) in [5.41, 5.74) is 1.89. The lowest BCUT2D eigenvalue weighted by molar-refractivity contribution is 0.0139. The Morgan fingerprint density at radius 2 is 1.97 bits per heavy atom. The van der Waals surface area contributed by atoms with Gasteiger partial charge in [-0.3, -0.25) is 14.6 Å². The first-order valence-electron chi connectivity index (χ1n) is 12.9. The molecule has 2 fully saturated rings. The molecule has 2 N–H and O–H groups in total. The number of ether oxygens (including phenoxy) is 1. The van der Waals surface area contributed by atoms with Crippen LogP contribution in [0, 0.1) is 17.8 Å². The molecule has 1 aromatic heterocycles. The van der Waals surface area contributed by atoms with Crippen molar-refractivity contribution in [3.05, 3.63) is 35.5 Å². The summed E-state index contributed by atoms with van der Waals surface area (Å²) < 4.78 is 32.6. The largest absolute Gasteiger partial charge is 0.384 e. The molecule has 1 aromatic carbocycles. The summed E-state index contributed by atoms with van der Waals surface area (Å²) in [6, 6.07) is 7.78. The summed E-state index contributed by atoms with van der Waals surface area (Å²) in [5, 5.41) is 14.1. The average molecular weight is 543 g/mol. The highest BCUT2D eigenvalue weighted by molar-refractivity contribution is 7.91. The zero-order chi connectivity index (χ0) is 26.9. The van der Waals surface area contributed by atoms with Crippen LogP contribution >= 0.6 is 0 Å². The van der Waals surface area contributed by atoms with Crippen LogP contribution in [0.25, 0.3) is 0 Å². The number of sulfone groups is 1. The van der Waals surface area contributed by atoms with Gasteiger partial charge < -0.3 is 24.6 Å². The normalized spacial score (nSPS) is 20.2. The van der Waals surface area contributed by atoms with Crippen molar-refractivity contribution in [2.45, 2.75) is 24.3 Å². The number of benzene rings is 1. The van der Waals surface area contributed by atoms with Crippen molar-refractivity contribution in [2.75, 3.05) is 69.0 Å². The molecule has 3 heterocycles. The van der Waals surface area contributed by atoms with Gasteiger partial charge in [-0.15, -0.1) is 0 Å². The lowest BCUT2D eigenvalue weighted by Crippen LogP contribution is -2.54. The molecule has 3 aliphatic rings. The predicted octanol–water partition coefficient (Wildman–Crippen LogP) is 0.568. The molecule has 1 saturated carbocycles. The van der Waals surface area contributed by atoms with Gasteiger partial charge in [0.15, 0.2) is 11.5 Å². The van der Waals surface area contributed by atoms with Gasteiger partial charge in [0.05, 0.1) is 25.5 Å². The van der Waals surface area contributed by atoms with Crippen molar-refractivity contribution < 1.29 is 23.1 Å². The fraction of sp³-hybridized carbons (Fsp3) is 0.538. The van der Waals surface area contributed by atoms with E-state index in [0.717, 1.165) is 68.4 Å². The third-order valence-electron chi connectivity index (χ3n) is 7.09. The van der Waals surface area contributed by atoms with Crippen molar-refractivity contribution >= 4 is 27.2 Å². The van der Waals surface area contributed by atoms with Gasteiger partial charge in [0.2, 0.25) is 21.3 Å². The van der Waals surface area contributed by atoms with Crippen LogP contribution in [-0.4, -0.2) is 104 Å². The van der Waals surface area contributed by atoms with Crippen molar-refractivity contribution in [3.63, 3.8) is 0 Å². The molecule has 2 aliphatic heterocycles. The first-order chi connectivity index (χ1) is 18.2. The maximum Gasteiger partial charge on any atom is 0.277 e. The number of anilines is 2. The number of aliphatic hydroxyl groups is 1. The lowest BCUT2D eigenvalue weighted by Gasteiger charge is -2.37. The molecule has 0 spiro atoms. The number of amides is 1. The second kappa shape index (κ2) is 10.9. The zero-order valence-corrected chi connectivity index (χ0v) is 22.6. The molecule has 38 heavy (non-hydrogen) atoms. The van der Waals surface area contributed by atoms with E-state index in [9.17, 15) is 18.3 Å². The van der Waals surface area contributed by atoms with Gasteiger partial charge in [0.1, 0.15) is 0 Å². The van der Waals surface area contributed by atoms with Crippen LogP contribution in [0.1, 0.15) is 28.9 Å². The third-order valence-corrected chi connectivity index (χ3v) is 8.92. The summed E-state index contributed by atoms with van der Waals surface area (Å²) >= 11 is 0. The summed E-state index contributed by atoms with van der Waals surface area (Å²) in [4.78, 5) is 22.2. The SMILES string of the molecule is CN1C(=O)c2c(nc(S(=O)(=O)CC3CC3)n2C)N(CC#Cc2cccc(NCCN3CCOCC3)c2)C1O. The zero-order valence-electron chi connectivity index (χ0n) is 21.8. The maximum atomic E-state index is 13.0. The molecule has 0 radical (unpaired) electrons. The number of hydrogen-bond donors (Lipinski definition) is 2. The second-order valence-corrected chi connectivity index (χ2v) is 11.9. The van der Waals surface area contributed by atoms with E-state index in [1.807, 2.05) is 24.3 Å². The number of carbonyl (C=O) groups excluding carboxylic acids is 1. The van der Waals surface area contributed by atoms with Gasteiger partial charge in [0.25, 0.3) is 5.91 Å². The van der Waals surface area contributed by atoms with Crippen LogP contribution in [0.5, 0.6) is 0 Å². The molecule has 2 aromatic rings. The number of nitrogens with zero attached hydrogens (tertiary/aromatic N) is 5. The molecule has 12 heteroatoms. The summed E-state index contributed by atoms with van der Waals surface area (Å²) in [6.45, 7) is 5.25. The molecule has 1 atom stereocenters. The molecular formula is C26H34N6O5S. The summed E-state index contributed by atoms with van der Waals surface area (Å²) in [7, 11) is -0.676. The van der Waals surface area contributed by atoms with E-state index in [4.69, 9.17) is 4.74 Å². The Bertz CT molecular complexity index is 1350. The van der Waals surface area contributed by atoms with Crippen molar-refractivity contribution in [3.8, 4) is 11.8 Å². The van der Waals surface area contributed by atoms with Gasteiger partial charge in [-0.1, -0.05) is 17.9 Å². The minimum absolute atomic E-state index is 0.0138. The van der Waals surface area contributed by atoms with Crippen LogP contribution < -0.4 is 10.2 Å². The fourth-order valence-corrected chi connectivity index (χ4v) is 6.55. The van der Waals surface area contributed by atoms with E-state index in [1.54, 1.807) is 0 Å². The lowest BCUT2D eigenvalue weighted by atomic mass is 10.2. The van der Waals surface area contributed by atoms with Crippen LogP contribution in [0.3, 0.4) is 0 Å². The standard InChI is InChI=1S/C26H34N6O5S/c1-29-22-23(28-25(29)38(35,36)18-20-8-9-20)32(26(34)30(2)24(22)33)11-4-6-19-5-3-7-21(17-19)27-10-12-31-13-15-37-16-14-31/h3,5,7,17,20,26-27,34H,8-16,18H2,1-2H3. The van der Waals surface area contributed by atoms with Crippen molar-refractivity contribution in [1.29, 1.82) is 0 Å². The highest BCUT2D eigenvalue weighted by atomic mass is 32.2. The smallest absolute Gasteiger partial charge is 0.277 e. The van der Waals surface area contributed by atoms with E-state index in [0.29, 0.717) is 0 Å². The minimum Gasteiger partial charge on any atom is -0.384 e. The number of aliphatic hydroxyl groups excluding tert-OH is 1. The summed E-state index contributed by atoms with van der Waals surface area (Å²) in [6.07, 6.45) is 0.456. The molecule has 0 bridgehead atoms. The number of hydrogen-bond acceptors (Lipinski definition) is 9. The number of fused-ring (bicyclic) bond motifs is 1.